The first-order valence-electron chi connectivity index (χ1n) is 21.0. The van der Waals surface area contributed by atoms with Gasteiger partial charge in [0.05, 0.1) is 11.1 Å². The number of amides is 4. The smallest absolute Gasteiger partial charge is 0.537 e. The zero-order valence-corrected chi connectivity index (χ0v) is 33.6. The third-order valence-corrected chi connectivity index (χ3v) is 12.5. The first kappa shape index (κ1) is 40.1. The molecular weight excluding hydrogens is 741 g/mol. The summed E-state index contributed by atoms with van der Waals surface area (Å²) in [5.74, 6) is -0.611. The zero-order valence-electron chi connectivity index (χ0n) is 33.6. The van der Waals surface area contributed by atoms with Gasteiger partial charge in [-0.1, -0.05) is 61.5 Å². The van der Waals surface area contributed by atoms with Crippen LogP contribution in [0.1, 0.15) is 89.3 Å². The largest absolute Gasteiger partial charge is 0.569 e. The van der Waals surface area contributed by atoms with E-state index in [-0.39, 0.29) is 18.7 Å². The molecule has 12 heteroatoms. The van der Waals surface area contributed by atoms with E-state index in [1.807, 2.05) is 24.3 Å². The predicted molar refractivity (Wildman–Crippen MR) is 230 cm³/mol. The van der Waals surface area contributed by atoms with Crippen LogP contribution in [0.25, 0.3) is 11.1 Å². The van der Waals surface area contributed by atoms with Crippen LogP contribution in [-0.2, 0) is 9.59 Å². The number of nitrogens with zero attached hydrogens (tertiary/aromatic N) is 4. The summed E-state index contributed by atoms with van der Waals surface area (Å²) in [5.41, 5.74) is 8.76. The summed E-state index contributed by atoms with van der Waals surface area (Å²) in [7, 11) is 0.707. The predicted octanol–water partition coefficient (Wildman–Crippen LogP) is 6.18. The number of allylic oxidation sites excluding steroid dienone is 1. The maximum atomic E-state index is 13.3. The van der Waals surface area contributed by atoms with Crippen LogP contribution in [0.2, 0.25) is 0 Å². The van der Waals surface area contributed by atoms with Crippen LogP contribution in [0.3, 0.4) is 0 Å². The van der Waals surface area contributed by atoms with Crippen molar-refractivity contribution < 1.29 is 28.9 Å². The topological polar surface area (TPSA) is 123 Å². The maximum Gasteiger partial charge on any atom is 0.569 e. The first-order valence-corrected chi connectivity index (χ1v) is 21.0. The molecule has 4 aliphatic heterocycles. The van der Waals surface area contributed by atoms with E-state index in [0.717, 1.165) is 74.3 Å². The highest BCUT2D eigenvalue weighted by Crippen LogP contribution is 2.37. The van der Waals surface area contributed by atoms with Crippen molar-refractivity contribution in [2.75, 3.05) is 55.6 Å². The summed E-state index contributed by atoms with van der Waals surface area (Å²) in [6.45, 7) is 8.93. The van der Waals surface area contributed by atoms with Crippen molar-refractivity contribution in [3.05, 3.63) is 125 Å². The van der Waals surface area contributed by atoms with E-state index in [1.54, 1.807) is 12.1 Å². The van der Waals surface area contributed by atoms with Crippen LogP contribution < -0.4 is 19.8 Å². The summed E-state index contributed by atoms with van der Waals surface area (Å²) in [4.78, 5) is 58.9. The van der Waals surface area contributed by atoms with Crippen molar-refractivity contribution in [3.63, 3.8) is 0 Å². The van der Waals surface area contributed by atoms with E-state index < -0.39 is 23.8 Å². The number of piperazine rings is 1. The minimum atomic E-state index is -0.959. The second-order valence-corrected chi connectivity index (χ2v) is 15.9. The lowest BCUT2D eigenvalue weighted by molar-refractivity contribution is -0.136. The lowest BCUT2D eigenvalue weighted by Crippen LogP contribution is -2.54. The molecule has 1 unspecified atom stereocenters. The number of fused-ring (bicyclic) bond motifs is 1. The van der Waals surface area contributed by atoms with Crippen molar-refractivity contribution in [3.8, 4) is 5.75 Å². The van der Waals surface area contributed by atoms with E-state index >= 15 is 0 Å². The van der Waals surface area contributed by atoms with Gasteiger partial charge in [-0.2, -0.15) is 0 Å². The molecule has 303 valence electrons. The van der Waals surface area contributed by atoms with Gasteiger partial charge in [-0.25, -0.2) is 0 Å². The quantitative estimate of drug-likeness (QED) is 0.0929. The Kier molecular flexibility index (Phi) is 12.3. The number of rotatable bonds is 13. The molecule has 0 aliphatic carbocycles. The molecule has 4 heterocycles. The van der Waals surface area contributed by atoms with Crippen molar-refractivity contribution in [2.24, 2.45) is 5.92 Å². The van der Waals surface area contributed by atoms with Crippen LogP contribution in [0, 0.1) is 5.92 Å². The fourth-order valence-corrected chi connectivity index (χ4v) is 9.25. The molecule has 11 nitrogen and oxygen atoms in total. The van der Waals surface area contributed by atoms with Gasteiger partial charge < -0.3 is 19.5 Å². The Labute approximate surface area is 346 Å². The molecule has 8 rings (SSSR count). The van der Waals surface area contributed by atoms with Crippen LogP contribution in [0.5, 0.6) is 5.75 Å². The maximum absolute atomic E-state index is 13.3. The Morgan fingerprint density at radius 3 is 2.03 bits per heavy atom. The van der Waals surface area contributed by atoms with Crippen molar-refractivity contribution in [1.82, 2.24) is 15.1 Å². The van der Waals surface area contributed by atoms with E-state index in [0.29, 0.717) is 24.6 Å². The molecule has 0 aromatic heterocycles. The summed E-state index contributed by atoms with van der Waals surface area (Å²) in [6, 6.07) is 31.9. The van der Waals surface area contributed by atoms with Crippen LogP contribution in [0.15, 0.2) is 97.1 Å². The molecule has 4 aromatic carbocycles. The Morgan fingerprint density at radius 1 is 0.729 bits per heavy atom. The molecule has 1 radical (unpaired) electrons. The number of imide groups is 2. The molecule has 1 atom stereocenters. The number of carbonyl (C=O) groups excluding carboxylic acids is 4. The van der Waals surface area contributed by atoms with Gasteiger partial charge in [-0.3, -0.25) is 34.3 Å². The third-order valence-electron chi connectivity index (χ3n) is 12.5. The van der Waals surface area contributed by atoms with Crippen molar-refractivity contribution in [2.45, 2.75) is 57.9 Å². The number of nitrogens with one attached hydrogen (secondary N) is 1. The van der Waals surface area contributed by atoms with Crippen molar-refractivity contribution in [1.29, 1.82) is 0 Å². The van der Waals surface area contributed by atoms with E-state index in [2.05, 4.69) is 87.6 Å². The van der Waals surface area contributed by atoms with Gasteiger partial charge in [0.1, 0.15) is 11.8 Å². The van der Waals surface area contributed by atoms with Crippen LogP contribution in [-0.4, -0.2) is 98.0 Å². The summed E-state index contributed by atoms with van der Waals surface area (Å²) in [5, 5.41) is 11.4. The van der Waals surface area contributed by atoms with Gasteiger partial charge in [0, 0.05) is 57.1 Å². The highest BCUT2D eigenvalue weighted by molar-refractivity contribution is 6.23. The van der Waals surface area contributed by atoms with Gasteiger partial charge in [0.15, 0.2) is 0 Å². The summed E-state index contributed by atoms with van der Waals surface area (Å²) < 4.78 is 5.18. The SMILES string of the molecule is CC/C(=C(/c1ccc(O[B]O)cc1)c1ccc(N2CCC(CCCN3CCN(c4ccc5c(c4)C(=O)N(C4CCC(=O)NC4=O)C5=O)CC3)CC2)cc1)c1ccccc1. The van der Waals surface area contributed by atoms with E-state index in [4.69, 9.17) is 9.68 Å². The number of benzene rings is 4. The van der Waals surface area contributed by atoms with Crippen LogP contribution >= 0.6 is 0 Å². The first-order chi connectivity index (χ1) is 28.8. The lowest BCUT2D eigenvalue weighted by atomic mass is 9.88. The second kappa shape index (κ2) is 18.1. The highest BCUT2D eigenvalue weighted by atomic mass is 16.5. The van der Waals surface area contributed by atoms with Gasteiger partial charge in [-0.15, -0.1) is 0 Å². The number of anilines is 2. The molecule has 3 fully saturated rings. The van der Waals surface area contributed by atoms with Crippen LogP contribution in [0.4, 0.5) is 11.4 Å². The molecule has 3 saturated heterocycles. The fraction of sp³-hybridized carbons (Fsp3) is 0.362. The average molecular weight is 793 g/mol. The fourth-order valence-electron chi connectivity index (χ4n) is 9.25. The average Bonchev–Trinajstić information content (AvgIpc) is 3.52. The molecule has 0 spiro atoms. The van der Waals surface area contributed by atoms with Gasteiger partial charge in [0.2, 0.25) is 11.8 Å². The molecule has 0 saturated carbocycles. The standard InChI is InChI=1S/C47H51BN5O6/c1-2-39(33-8-4-3-5-9-33)44(35-12-17-38(18-13-35)59-48-58)34-10-14-36(15-11-34)51-25-22-32(23-26-51)7-6-24-50-27-29-52(30-28-50)37-16-19-40-41(31-37)47(57)53(46(40)56)42-20-21-43(54)49-45(42)55/h3-5,8-19,31-32,42,58H,2,6-7,20-30H2,1H3,(H,49,54,55)/b44-39-. The molecule has 4 amide bonds. The normalized spacial score (nSPS) is 19.4. The molecule has 4 aliphatic rings. The summed E-state index contributed by atoms with van der Waals surface area (Å²) >= 11 is 0. The highest BCUT2D eigenvalue weighted by Gasteiger charge is 2.44. The number of hydrogen-bond acceptors (Lipinski definition) is 9. The van der Waals surface area contributed by atoms with Gasteiger partial charge >= 0.3 is 7.69 Å². The monoisotopic (exact) mass is 792 g/mol. The molecule has 4 aromatic rings. The Bertz CT molecular complexity index is 2200. The Hall–Kier alpha value is -5.72. The molecule has 0 bridgehead atoms. The number of piperidine rings is 2. The van der Waals surface area contributed by atoms with E-state index in [1.165, 1.54) is 53.6 Å². The van der Waals surface area contributed by atoms with Crippen molar-refractivity contribution >= 4 is 53.8 Å². The minimum absolute atomic E-state index is 0.103. The summed E-state index contributed by atoms with van der Waals surface area (Å²) in [6.07, 6.45) is 5.91. The Morgan fingerprint density at radius 2 is 1.37 bits per heavy atom. The number of carbonyl (C=O) groups is 4. The molecular formula is C47H51BN5O6. The minimum Gasteiger partial charge on any atom is -0.537 e. The number of hydrogen-bond donors (Lipinski definition) is 2. The lowest BCUT2D eigenvalue weighted by Gasteiger charge is -2.37. The van der Waals surface area contributed by atoms with Gasteiger partial charge in [-0.05, 0) is 121 Å². The zero-order chi connectivity index (χ0) is 40.9. The van der Waals surface area contributed by atoms with Gasteiger partial charge in [0.25, 0.3) is 11.8 Å². The molecule has 59 heavy (non-hydrogen) atoms. The third kappa shape index (κ3) is 8.70. The second-order valence-electron chi connectivity index (χ2n) is 15.9. The molecule has 2 N–H and O–H groups in total. The Balaban J connectivity index is 0.813. The van der Waals surface area contributed by atoms with E-state index in [9.17, 15) is 19.2 Å².